The first kappa shape index (κ1) is 20.5. The molecule has 5 nitrogen and oxygen atoms in total. The van der Waals surface area contributed by atoms with Crippen LogP contribution < -0.4 is 4.90 Å². The van der Waals surface area contributed by atoms with Crippen LogP contribution in [0.25, 0.3) is 10.9 Å². The number of rotatable bonds is 7. The Hall–Kier alpha value is -1.72. The number of piperidine rings is 1. The predicted molar refractivity (Wildman–Crippen MR) is 122 cm³/mol. The van der Waals surface area contributed by atoms with Gasteiger partial charge in [-0.3, -0.25) is 0 Å². The normalized spacial score (nSPS) is 19.2. The molecule has 158 valence electrons. The maximum absolute atomic E-state index is 4.68. The first-order chi connectivity index (χ1) is 14.2. The fourth-order valence-electron chi connectivity index (χ4n) is 4.84. The summed E-state index contributed by atoms with van der Waals surface area (Å²) in [6.07, 6.45) is 10.8. The van der Waals surface area contributed by atoms with Crippen LogP contribution in [-0.2, 0) is 12.8 Å². The molecule has 0 aliphatic carbocycles. The Morgan fingerprint density at radius 3 is 2.41 bits per heavy atom. The largest absolute Gasteiger partial charge is 0.353 e. The van der Waals surface area contributed by atoms with Gasteiger partial charge >= 0.3 is 0 Å². The van der Waals surface area contributed by atoms with Gasteiger partial charge in [0.15, 0.2) is 0 Å². The molecule has 2 saturated heterocycles. The molecule has 0 unspecified atom stereocenters. The highest BCUT2D eigenvalue weighted by Gasteiger charge is 2.19. The molecule has 5 heteroatoms. The quantitative estimate of drug-likeness (QED) is 0.667. The third-order valence-electron chi connectivity index (χ3n) is 6.74. The summed E-state index contributed by atoms with van der Waals surface area (Å²) in [5.41, 5.74) is 4.07. The van der Waals surface area contributed by atoms with Gasteiger partial charge < -0.3 is 14.7 Å². The van der Waals surface area contributed by atoms with Crippen molar-refractivity contribution in [3.8, 4) is 0 Å². The fourth-order valence-corrected chi connectivity index (χ4v) is 4.84. The van der Waals surface area contributed by atoms with Crippen molar-refractivity contribution in [1.29, 1.82) is 0 Å². The standard InChI is InChI=1S/C24H37N5/c1-3-20-17-22-23(25-19-26-24(22)29-15-13-27(2)14-16-29)18-21(20)9-5-8-12-28-10-6-4-7-11-28/h17-19H,3-16H2,1-2H3. The highest BCUT2D eigenvalue weighted by molar-refractivity contribution is 5.90. The number of hydrogen-bond acceptors (Lipinski definition) is 5. The van der Waals surface area contributed by atoms with Crippen molar-refractivity contribution >= 4 is 16.7 Å². The lowest BCUT2D eigenvalue weighted by Gasteiger charge is -2.33. The molecule has 2 aliphatic rings. The molecule has 2 aromatic rings. The lowest BCUT2D eigenvalue weighted by molar-refractivity contribution is 0.225. The zero-order valence-electron chi connectivity index (χ0n) is 18.4. The molecule has 2 fully saturated rings. The van der Waals surface area contributed by atoms with E-state index in [9.17, 15) is 0 Å². The minimum absolute atomic E-state index is 1.04. The van der Waals surface area contributed by atoms with E-state index in [1.807, 2.05) is 0 Å². The van der Waals surface area contributed by atoms with Crippen molar-refractivity contribution in [3.05, 3.63) is 29.6 Å². The Bertz CT molecular complexity index is 791. The summed E-state index contributed by atoms with van der Waals surface area (Å²) in [4.78, 5) is 16.8. The highest BCUT2D eigenvalue weighted by atomic mass is 15.3. The number of anilines is 1. The van der Waals surface area contributed by atoms with Gasteiger partial charge in [0.2, 0.25) is 0 Å². The third-order valence-corrected chi connectivity index (χ3v) is 6.74. The topological polar surface area (TPSA) is 35.5 Å². The molecule has 0 radical (unpaired) electrons. The Balaban J connectivity index is 1.45. The van der Waals surface area contributed by atoms with Gasteiger partial charge in [0.25, 0.3) is 0 Å². The van der Waals surface area contributed by atoms with Crippen LogP contribution in [0, 0.1) is 0 Å². The first-order valence-electron chi connectivity index (χ1n) is 11.7. The molecule has 2 aliphatic heterocycles. The van der Waals surface area contributed by atoms with Gasteiger partial charge in [0.05, 0.1) is 5.52 Å². The number of unbranched alkanes of at least 4 members (excludes halogenated alkanes) is 1. The van der Waals surface area contributed by atoms with Crippen molar-refractivity contribution in [1.82, 2.24) is 19.8 Å². The minimum Gasteiger partial charge on any atom is -0.353 e. The number of piperazine rings is 1. The summed E-state index contributed by atoms with van der Waals surface area (Å²) in [6, 6.07) is 4.72. The molecule has 3 heterocycles. The van der Waals surface area contributed by atoms with E-state index < -0.39 is 0 Å². The highest BCUT2D eigenvalue weighted by Crippen LogP contribution is 2.28. The lowest BCUT2D eigenvalue weighted by atomic mass is 9.97. The van der Waals surface area contributed by atoms with Gasteiger partial charge in [-0.25, -0.2) is 9.97 Å². The Labute approximate surface area is 176 Å². The second-order valence-electron chi connectivity index (χ2n) is 8.84. The van der Waals surface area contributed by atoms with E-state index in [0.29, 0.717) is 0 Å². The molecule has 4 rings (SSSR count). The number of likely N-dealkylation sites (N-methyl/N-ethyl adjacent to an activating group) is 1. The molecular weight excluding hydrogens is 358 g/mol. The van der Waals surface area contributed by atoms with Gasteiger partial charge in [0, 0.05) is 31.6 Å². The van der Waals surface area contributed by atoms with Gasteiger partial charge in [-0.05, 0) is 88.5 Å². The van der Waals surface area contributed by atoms with Crippen molar-refractivity contribution < 1.29 is 0 Å². The van der Waals surface area contributed by atoms with Crippen LogP contribution in [0.3, 0.4) is 0 Å². The van der Waals surface area contributed by atoms with Crippen LogP contribution in [0.4, 0.5) is 5.82 Å². The minimum atomic E-state index is 1.04. The van der Waals surface area contributed by atoms with Crippen LogP contribution in [0.5, 0.6) is 0 Å². The van der Waals surface area contributed by atoms with E-state index in [1.165, 1.54) is 74.7 Å². The van der Waals surface area contributed by atoms with Gasteiger partial charge in [-0.2, -0.15) is 0 Å². The van der Waals surface area contributed by atoms with Crippen LogP contribution in [0.1, 0.15) is 50.2 Å². The molecule has 0 bridgehead atoms. The zero-order valence-corrected chi connectivity index (χ0v) is 18.4. The zero-order chi connectivity index (χ0) is 20.1. The number of likely N-dealkylation sites (tertiary alicyclic amines) is 1. The van der Waals surface area contributed by atoms with Gasteiger partial charge in [-0.15, -0.1) is 0 Å². The van der Waals surface area contributed by atoms with Gasteiger partial charge in [-0.1, -0.05) is 13.3 Å². The Morgan fingerprint density at radius 1 is 0.862 bits per heavy atom. The molecule has 1 aromatic heterocycles. The molecule has 0 spiro atoms. The number of aromatic nitrogens is 2. The smallest absolute Gasteiger partial charge is 0.139 e. The monoisotopic (exact) mass is 395 g/mol. The van der Waals surface area contributed by atoms with E-state index in [0.717, 1.165) is 43.9 Å². The molecule has 0 atom stereocenters. The van der Waals surface area contributed by atoms with Crippen LogP contribution >= 0.6 is 0 Å². The summed E-state index contributed by atoms with van der Waals surface area (Å²) < 4.78 is 0. The number of nitrogens with zero attached hydrogens (tertiary/aromatic N) is 5. The van der Waals surface area contributed by atoms with Crippen molar-refractivity contribution in [3.63, 3.8) is 0 Å². The predicted octanol–water partition coefficient (Wildman–Crippen LogP) is 3.75. The van der Waals surface area contributed by atoms with Crippen molar-refractivity contribution in [2.45, 2.75) is 51.9 Å². The summed E-state index contributed by atoms with van der Waals surface area (Å²) in [5, 5.41) is 1.23. The molecule has 0 amide bonds. The summed E-state index contributed by atoms with van der Waals surface area (Å²) in [6.45, 7) is 10.4. The van der Waals surface area contributed by atoms with E-state index in [-0.39, 0.29) is 0 Å². The van der Waals surface area contributed by atoms with E-state index >= 15 is 0 Å². The third kappa shape index (κ3) is 5.07. The maximum Gasteiger partial charge on any atom is 0.139 e. The summed E-state index contributed by atoms with van der Waals surface area (Å²) in [5.74, 6) is 1.12. The molecular formula is C24H37N5. The van der Waals surface area contributed by atoms with Crippen LogP contribution in [0.2, 0.25) is 0 Å². The van der Waals surface area contributed by atoms with Crippen molar-refractivity contribution in [2.24, 2.45) is 0 Å². The summed E-state index contributed by atoms with van der Waals surface area (Å²) in [7, 11) is 2.20. The molecule has 1 aromatic carbocycles. The lowest BCUT2D eigenvalue weighted by Crippen LogP contribution is -2.44. The van der Waals surface area contributed by atoms with Gasteiger partial charge in [0.1, 0.15) is 12.1 Å². The average Bonchev–Trinajstić information content (AvgIpc) is 2.77. The maximum atomic E-state index is 4.68. The number of aryl methyl sites for hydroxylation is 2. The second kappa shape index (κ2) is 9.86. The average molecular weight is 396 g/mol. The Morgan fingerprint density at radius 2 is 1.66 bits per heavy atom. The van der Waals surface area contributed by atoms with Crippen molar-refractivity contribution in [2.75, 3.05) is 57.8 Å². The van der Waals surface area contributed by atoms with Crippen LogP contribution in [0.15, 0.2) is 18.5 Å². The number of hydrogen-bond donors (Lipinski definition) is 0. The second-order valence-corrected chi connectivity index (χ2v) is 8.84. The Kier molecular flexibility index (Phi) is 6.98. The number of benzene rings is 1. The van der Waals surface area contributed by atoms with E-state index in [1.54, 1.807) is 6.33 Å². The van der Waals surface area contributed by atoms with Crippen LogP contribution in [-0.4, -0.2) is 72.6 Å². The first-order valence-corrected chi connectivity index (χ1v) is 11.7. The fraction of sp³-hybridized carbons (Fsp3) is 0.667. The molecule has 29 heavy (non-hydrogen) atoms. The van der Waals surface area contributed by atoms with E-state index in [4.69, 9.17) is 0 Å². The van der Waals surface area contributed by atoms with E-state index in [2.05, 4.69) is 50.8 Å². The number of fused-ring (bicyclic) bond motifs is 1. The molecule has 0 N–H and O–H groups in total. The summed E-state index contributed by atoms with van der Waals surface area (Å²) >= 11 is 0. The SMILES string of the molecule is CCc1cc2c(N3CCN(C)CC3)ncnc2cc1CCCCN1CCCCC1. The molecule has 0 saturated carbocycles.